The second kappa shape index (κ2) is 8.39. The van der Waals surface area contributed by atoms with Crippen LogP contribution in [-0.4, -0.2) is 32.8 Å². The number of rotatable bonds is 5. The molecule has 2 N–H and O–H groups in total. The Hall–Kier alpha value is -4.79. The highest BCUT2D eigenvalue weighted by molar-refractivity contribution is 6.51. The van der Waals surface area contributed by atoms with Gasteiger partial charge in [-0.2, -0.15) is 0 Å². The van der Waals surface area contributed by atoms with E-state index in [9.17, 15) is 34.7 Å². The maximum Gasteiger partial charge on any atom is 0.335 e. The van der Waals surface area contributed by atoms with E-state index in [2.05, 4.69) is 0 Å². The molecule has 0 aromatic heterocycles. The fourth-order valence-electron chi connectivity index (χ4n) is 3.73. The number of carboxylic acids is 1. The Kier molecular flexibility index (Phi) is 5.45. The van der Waals surface area contributed by atoms with E-state index < -0.39 is 34.4 Å². The summed E-state index contributed by atoms with van der Waals surface area (Å²) in [4.78, 5) is 49.1. The number of benzene rings is 3. The average Bonchev–Trinajstić information content (AvgIpc) is 3.09. The summed E-state index contributed by atoms with van der Waals surface area (Å²) in [5.74, 6) is -3.54. The first-order valence-corrected chi connectivity index (χ1v) is 9.73. The number of carboxylic acid groups (broad SMARTS) is 1. The molecular weight excluding hydrogens is 428 g/mol. The van der Waals surface area contributed by atoms with Gasteiger partial charge in [-0.15, -0.1) is 0 Å². The van der Waals surface area contributed by atoms with E-state index in [0.717, 1.165) is 4.90 Å². The quantitative estimate of drug-likeness (QED) is 0.200. The number of aromatic carboxylic acids is 1. The van der Waals surface area contributed by atoms with Crippen molar-refractivity contribution in [2.75, 3.05) is 4.90 Å². The van der Waals surface area contributed by atoms with E-state index >= 15 is 0 Å². The summed E-state index contributed by atoms with van der Waals surface area (Å²) < 4.78 is 0. The predicted octanol–water partition coefficient (Wildman–Crippen LogP) is 3.92. The van der Waals surface area contributed by atoms with Gasteiger partial charge in [0, 0.05) is 23.4 Å². The summed E-state index contributed by atoms with van der Waals surface area (Å²) in [5, 5.41) is 31.4. The van der Waals surface area contributed by atoms with Crippen molar-refractivity contribution in [1.82, 2.24) is 0 Å². The number of anilines is 1. The van der Waals surface area contributed by atoms with Gasteiger partial charge < -0.3 is 10.2 Å². The second-order valence-electron chi connectivity index (χ2n) is 7.24. The van der Waals surface area contributed by atoms with E-state index in [-0.39, 0.29) is 22.5 Å². The van der Waals surface area contributed by atoms with Crippen molar-refractivity contribution in [3.05, 3.63) is 111 Å². The number of hydrogen-bond acceptors (Lipinski definition) is 6. The van der Waals surface area contributed by atoms with Crippen LogP contribution in [0, 0.1) is 10.1 Å². The van der Waals surface area contributed by atoms with Gasteiger partial charge in [-0.25, -0.2) is 4.79 Å². The maximum atomic E-state index is 13.1. The molecule has 3 aromatic carbocycles. The predicted molar refractivity (Wildman–Crippen MR) is 118 cm³/mol. The smallest absolute Gasteiger partial charge is 0.335 e. The van der Waals surface area contributed by atoms with Gasteiger partial charge in [0.2, 0.25) is 0 Å². The minimum Gasteiger partial charge on any atom is -0.507 e. The van der Waals surface area contributed by atoms with E-state index in [4.69, 9.17) is 0 Å². The maximum absolute atomic E-state index is 13.1. The van der Waals surface area contributed by atoms with Gasteiger partial charge >= 0.3 is 5.97 Å². The van der Waals surface area contributed by atoms with Crippen LogP contribution in [0.2, 0.25) is 0 Å². The van der Waals surface area contributed by atoms with E-state index in [1.807, 2.05) is 0 Å². The highest BCUT2D eigenvalue weighted by Gasteiger charge is 2.47. The van der Waals surface area contributed by atoms with Crippen molar-refractivity contribution in [2.45, 2.75) is 6.04 Å². The molecule has 1 saturated heterocycles. The molecule has 4 rings (SSSR count). The molecular formula is C24H16N2O7. The van der Waals surface area contributed by atoms with E-state index in [1.54, 1.807) is 30.3 Å². The fraction of sp³-hybridized carbons (Fsp3) is 0.0417. The Labute approximate surface area is 187 Å². The number of hydrogen-bond donors (Lipinski definition) is 2. The molecule has 0 aliphatic carbocycles. The lowest BCUT2D eigenvalue weighted by atomic mass is 9.95. The largest absolute Gasteiger partial charge is 0.507 e. The molecule has 164 valence electrons. The zero-order valence-corrected chi connectivity index (χ0v) is 16.9. The summed E-state index contributed by atoms with van der Waals surface area (Å²) in [6.45, 7) is 0. The van der Waals surface area contributed by atoms with Crippen LogP contribution in [0.4, 0.5) is 11.4 Å². The van der Waals surface area contributed by atoms with Gasteiger partial charge in [0.05, 0.1) is 22.1 Å². The van der Waals surface area contributed by atoms with Crippen molar-refractivity contribution in [3.63, 3.8) is 0 Å². The molecule has 1 amide bonds. The third kappa shape index (κ3) is 3.83. The van der Waals surface area contributed by atoms with Gasteiger partial charge in [-0.3, -0.25) is 24.6 Å². The average molecular weight is 444 g/mol. The van der Waals surface area contributed by atoms with Gasteiger partial charge in [0.15, 0.2) is 0 Å². The Morgan fingerprint density at radius 2 is 1.52 bits per heavy atom. The third-order valence-corrected chi connectivity index (χ3v) is 5.28. The normalized spacial score (nSPS) is 17.2. The van der Waals surface area contributed by atoms with Crippen LogP contribution < -0.4 is 4.90 Å². The molecule has 0 radical (unpaired) electrons. The summed E-state index contributed by atoms with van der Waals surface area (Å²) >= 11 is 0. The first-order valence-electron chi connectivity index (χ1n) is 9.73. The van der Waals surface area contributed by atoms with Crippen LogP contribution in [-0.2, 0) is 9.59 Å². The molecule has 1 atom stereocenters. The zero-order valence-electron chi connectivity index (χ0n) is 16.9. The van der Waals surface area contributed by atoms with Crippen molar-refractivity contribution in [3.8, 4) is 0 Å². The van der Waals surface area contributed by atoms with Gasteiger partial charge in [-0.1, -0.05) is 36.4 Å². The number of carbonyl (C=O) groups is 3. The minimum absolute atomic E-state index is 0.0973. The highest BCUT2D eigenvalue weighted by atomic mass is 16.6. The van der Waals surface area contributed by atoms with Crippen molar-refractivity contribution < 1.29 is 29.5 Å². The minimum atomic E-state index is -1.22. The van der Waals surface area contributed by atoms with Crippen LogP contribution in [0.5, 0.6) is 0 Å². The van der Waals surface area contributed by atoms with Crippen LogP contribution in [0.1, 0.15) is 27.5 Å². The lowest BCUT2D eigenvalue weighted by Gasteiger charge is -2.25. The van der Waals surface area contributed by atoms with Gasteiger partial charge in [0.25, 0.3) is 17.4 Å². The lowest BCUT2D eigenvalue weighted by molar-refractivity contribution is -0.384. The second-order valence-corrected chi connectivity index (χ2v) is 7.24. The lowest BCUT2D eigenvalue weighted by Crippen LogP contribution is -2.29. The van der Waals surface area contributed by atoms with Crippen LogP contribution in [0.3, 0.4) is 0 Å². The summed E-state index contributed by atoms with van der Waals surface area (Å²) in [6, 6.07) is 17.8. The molecule has 9 heteroatoms. The molecule has 3 aromatic rings. The fourth-order valence-corrected chi connectivity index (χ4v) is 3.73. The molecule has 9 nitrogen and oxygen atoms in total. The SMILES string of the molecule is O=C1C(=O)N(c2cccc(C(=O)O)c2)C(c2ccc([N+](=O)[O-])cc2)/C1=C(\O)c1ccccc1. The molecule has 1 unspecified atom stereocenters. The molecule has 1 aliphatic heterocycles. The summed E-state index contributed by atoms with van der Waals surface area (Å²) in [5.41, 5.74) is 0.277. The molecule has 33 heavy (non-hydrogen) atoms. The number of carbonyl (C=O) groups excluding carboxylic acids is 2. The number of non-ortho nitro benzene ring substituents is 1. The highest BCUT2D eigenvalue weighted by Crippen LogP contribution is 2.42. The van der Waals surface area contributed by atoms with Crippen molar-refractivity contribution in [1.29, 1.82) is 0 Å². The monoisotopic (exact) mass is 444 g/mol. The van der Waals surface area contributed by atoms with Gasteiger partial charge in [0.1, 0.15) is 5.76 Å². The first kappa shape index (κ1) is 21.4. The number of Topliss-reactive ketones (excluding diaryl/α,β-unsaturated/α-hetero) is 1. The summed E-state index contributed by atoms with van der Waals surface area (Å²) in [7, 11) is 0. The van der Waals surface area contributed by atoms with E-state index in [0.29, 0.717) is 11.1 Å². The first-order chi connectivity index (χ1) is 15.8. The van der Waals surface area contributed by atoms with Crippen molar-refractivity contribution in [2.24, 2.45) is 0 Å². The van der Waals surface area contributed by atoms with Crippen LogP contribution in [0.15, 0.2) is 84.4 Å². The molecule has 0 bridgehead atoms. The third-order valence-electron chi connectivity index (χ3n) is 5.28. The van der Waals surface area contributed by atoms with E-state index in [1.165, 1.54) is 48.5 Å². The number of aliphatic hydroxyl groups is 1. The Morgan fingerprint density at radius 1 is 0.879 bits per heavy atom. The standard InChI is InChI=1S/C24H16N2O7/c27-21(15-5-2-1-3-6-15)19-20(14-9-11-17(12-10-14)26(32)33)25(23(29)22(19)28)18-8-4-7-16(13-18)24(30)31/h1-13,20,27H,(H,30,31)/b21-19+. The topological polar surface area (TPSA) is 138 Å². The molecule has 1 fully saturated rings. The van der Waals surface area contributed by atoms with Crippen molar-refractivity contribution >= 4 is 34.8 Å². The zero-order chi connectivity index (χ0) is 23.7. The Morgan fingerprint density at radius 3 is 2.12 bits per heavy atom. The number of amides is 1. The number of nitro benzene ring substituents is 1. The number of ketones is 1. The number of nitro groups is 1. The Balaban J connectivity index is 1.94. The molecule has 0 saturated carbocycles. The summed E-state index contributed by atoms with van der Waals surface area (Å²) in [6.07, 6.45) is 0. The molecule has 1 aliphatic rings. The number of nitrogens with zero attached hydrogens (tertiary/aromatic N) is 2. The van der Waals surface area contributed by atoms with Gasteiger partial charge in [-0.05, 0) is 35.9 Å². The van der Waals surface area contributed by atoms with Crippen LogP contribution in [0.25, 0.3) is 5.76 Å². The molecule has 0 spiro atoms. The molecule has 1 heterocycles. The van der Waals surface area contributed by atoms with Crippen LogP contribution >= 0.6 is 0 Å². The Bertz CT molecular complexity index is 1310. The number of aliphatic hydroxyl groups excluding tert-OH is 1.